The molecule has 2 aromatic carbocycles. The van der Waals surface area contributed by atoms with E-state index < -0.39 is 7.14 Å². The van der Waals surface area contributed by atoms with Gasteiger partial charge in [-0.3, -0.25) is 0 Å². The summed E-state index contributed by atoms with van der Waals surface area (Å²) in [5, 5.41) is 1.94. The van der Waals surface area contributed by atoms with Gasteiger partial charge in [-0.05, 0) is 43.9 Å². The maximum Gasteiger partial charge on any atom is 0.143 e. The van der Waals surface area contributed by atoms with Crippen molar-refractivity contribution in [2.75, 3.05) is 6.16 Å². The Labute approximate surface area is 172 Å². The first-order valence-electron chi connectivity index (χ1n) is 10.6. The second-order valence-corrected chi connectivity index (χ2v) is 10.7. The van der Waals surface area contributed by atoms with Gasteiger partial charge in [0.25, 0.3) is 0 Å². The molecule has 2 aromatic rings. The molecule has 0 aromatic heterocycles. The SMILES string of the molecule is C=CC(CC/C=C/CC)CC(C)CCP(=O)(c1ccccc1)c1ccccc1. The Morgan fingerprint density at radius 3 is 2.00 bits per heavy atom. The maximum absolute atomic E-state index is 14.1. The Hall–Kier alpha value is -1.85. The molecular formula is C26H35OP. The van der Waals surface area contributed by atoms with Crippen LogP contribution in [0.15, 0.2) is 85.5 Å². The number of hydrogen-bond donors (Lipinski definition) is 0. The lowest BCUT2D eigenvalue weighted by atomic mass is 9.90. The van der Waals surface area contributed by atoms with E-state index in [0.717, 1.165) is 48.9 Å². The summed E-state index contributed by atoms with van der Waals surface area (Å²) in [6.07, 6.45) is 12.8. The van der Waals surface area contributed by atoms with E-state index in [4.69, 9.17) is 0 Å². The van der Waals surface area contributed by atoms with Crippen molar-refractivity contribution in [3.63, 3.8) is 0 Å². The van der Waals surface area contributed by atoms with Crippen LogP contribution in [-0.2, 0) is 4.57 Å². The molecule has 0 saturated heterocycles. The molecule has 2 rings (SSSR count). The second kappa shape index (κ2) is 11.9. The minimum atomic E-state index is -2.60. The largest absolute Gasteiger partial charge is 0.314 e. The Bertz CT molecular complexity index is 720. The third-order valence-corrected chi connectivity index (χ3v) is 8.58. The zero-order valence-electron chi connectivity index (χ0n) is 17.5. The Morgan fingerprint density at radius 2 is 1.50 bits per heavy atom. The van der Waals surface area contributed by atoms with Crippen LogP contribution in [0.1, 0.15) is 46.0 Å². The summed E-state index contributed by atoms with van der Waals surface area (Å²) in [5.41, 5.74) is 0. The number of hydrogen-bond acceptors (Lipinski definition) is 1. The Balaban J connectivity index is 2.04. The van der Waals surface area contributed by atoms with Gasteiger partial charge in [-0.2, -0.15) is 0 Å². The summed E-state index contributed by atoms with van der Waals surface area (Å²) in [6, 6.07) is 20.0. The predicted molar refractivity (Wildman–Crippen MR) is 125 cm³/mol. The quantitative estimate of drug-likeness (QED) is 0.281. The van der Waals surface area contributed by atoms with Gasteiger partial charge in [0.2, 0.25) is 0 Å². The van der Waals surface area contributed by atoms with Crippen molar-refractivity contribution in [2.45, 2.75) is 46.0 Å². The molecule has 0 aliphatic rings. The fourth-order valence-corrected chi connectivity index (χ4v) is 6.63. The molecule has 2 atom stereocenters. The normalized spacial score (nSPS) is 14.1. The lowest BCUT2D eigenvalue weighted by Crippen LogP contribution is -2.19. The van der Waals surface area contributed by atoms with Gasteiger partial charge >= 0.3 is 0 Å². The highest BCUT2D eigenvalue weighted by Gasteiger charge is 2.27. The van der Waals surface area contributed by atoms with Gasteiger partial charge < -0.3 is 4.57 Å². The molecule has 0 saturated carbocycles. The van der Waals surface area contributed by atoms with Crippen molar-refractivity contribution >= 4 is 17.8 Å². The minimum absolute atomic E-state index is 0.527. The van der Waals surface area contributed by atoms with E-state index in [2.05, 4.69) is 38.7 Å². The van der Waals surface area contributed by atoms with E-state index in [1.165, 1.54) is 0 Å². The van der Waals surface area contributed by atoms with Crippen molar-refractivity contribution in [2.24, 2.45) is 11.8 Å². The van der Waals surface area contributed by atoms with E-state index in [9.17, 15) is 4.57 Å². The number of rotatable bonds is 12. The van der Waals surface area contributed by atoms with Crippen molar-refractivity contribution in [3.05, 3.63) is 85.5 Å². The average molecular weight is 395 g/mol. The summed E-state index contributed by atoms with van der Waals surface area (Å²) in [7, 11) is -2.60. The molecular weight excluding hydrogens is 359 g/mol. The van der Waals surface area contributed by atoms with Crippen molar-refractivity contribution < 1.29 is 4.57 Å². The zero-order valence-corrected chi connectivity index (χ0v) is 18.4. The highest BCUT2D eigenvalue weighted by atomic mass is 31.2. The monoisotopic (exact) mass is 394 g/mol. The Morgan fingerprint density at radius 1 is 0.929 bits per heavy atom. The first-order chi connectivity index (χ1) is 13.6. The van der Waals surface area contributed by atoms with Crippen LogP contribution in [0.4, 0.5) is 0 Å². The molecule has 28 heavy (non-hydrogen) atoms. The number of allylic oxidation sites excluding steroid dienone is 3. The maximum atomic E-state index is 14.1. The lowest BCUT2D eigenvalue weighted by Gasteiger charge is -2.23. The van der Waals surface area contributed by atoms with Crippen molar-refractivity contribution in [1.29, 1.82) is 0 Å². The smallest absolute Gasteiger partial charge is 0.143 e. The molecule has 0 bridgehead atoms. The van der Waals surface area contributed by atoms with Gasteiger partial charge in [0.05, 0.1) is 0 Å². The van der Waals surface area contributed by atoms with Gasteiger partial charge in [-0.1, -0.05) is 92.7 Å². The van der Waals surface area contributed by atoms with Gasteiger partial charge in [-0.25, -0.2) is 0 Å². The fourth-order valence-electron chi connectivity index (χ4n) is 3.71. The fraction of sp³-hybridized carbons (Fsp3) is 0.385. The van der Waals surface area contributed by atoms with Gasteiger partial charge in [0, 0.05) is 16.8 Å². The van der Waals surface area contributed by atoms with Crippen LogP contribution < -0.4 is 10.6 Å². The second-order valence-electron chi connectivity index (χ2n) is 7.72. The third-order valence-electron chi connectivity index (χ3n) is 5.43. The van der Waals surface area contributed by atoms with Crippen LogP contribution >= 0.6 is 7.14 Å². The molecule has 0 amide bonds. The van der Waals surface area contributed by atoms with E-state index in [-0.39, 0.29) is 0 Å². The molecule has 0 radical (unpaired) electrons. The van der Waals surface area contributed by atoms with Gasteiger partial charge in [0.1, 0.15) is 7.14 Å². The van der Waals surface area contributed by atoms with E-state index in [0.29, 0.717) is 11.8 Å². The summed E-state index contributed by atoms with van der Waals surface area (Å²) in [5.74, 6) is 1.06. The summed E-state index contributed by atoms with van der Waals surface area (Å²) < 4.78 is 14.1. The highest BCUT2D eigenvalue weighted by Crippen LogP contribution is 2.45. The van der Waals surface area contributed by atoms with Crippen LogP contribution in [0, 0.1) is 11.8 Å². The van der Waals surface area contributed by atoms with Crippen LogP contribution in [0.3, 0.4) is 0 Å². The first kappa shape index (κ1) is 22.4. The van der Waals surface area contributed by atoms with Crippen LogP contribution in [0.2, 0.25) is 0 Å². The molecule has 1 nitrogen and oxygen atoms in total. The van der Waals surface area contributed by atoms with Crippen LogP contribution in [-0.4, -0.2) is 6.16 Å². The van der Waals surface area contributed by atoms with Crippen molar-refractivity contribution in [1.82, 2.24) is 0 Å². The van der Waals surface area contributed by atoms with E-state index >= 15 is 0 Å². The lowest BCUT2D eigenvalue weighted by molar-refractivity contribution is 0.419. The molecule has 0 heterocycles. The molecule has 0 fully saturated rings. The summed E-state index contributed by atoms with van der Waals surface area (Å²) >= 11 is 0. The molecule has 150 valence electrons. The first-order valence-corrected chi connectivity index (χ1v) is 12.5. The molecule has 0 N–H and O–H groups in total. The summed E-state index contributed by atoms with van der Waals surface area (Å²) in [4.78, 5) is 0. The summed E-state index contributed by atoms with van der Waals surface area (Å²) in [6.45, 7) is 8.50. The van der Waals surface area contributed by atoms with Gasteiger partial charge in [-0.15, -0.1) is 6.58 Å². The van der Waals surface area contributed by atoms with E-state index in [1.54, 1.807) is 0 Å². The average Bonchev–Trinajstić information content (AvgIpc) is 2.75. The Kier molecular flexibility index (Phi) is 9.51. The molecule has 0 aliphatic carbocycles. The van der Waals surface area contributed by atoms with E-state index in [1.807, 2.05) is 60.7 Å². The standard InChI is InChI=1S/C26H35OP/c1-4-6-7-10-15-24(5-2)22-23(3)20-21-28(27,25-16-11-8-12-17-25)26-18-13-9-14-19-26/h5-9,11-14,16-19,23-24H,2,4,10,15,20-22H2,1,3H3/b7-6+. The third kappa shape index (κ3) is 6.64. The van der Waals surface area contributed by atoms with Gasteiger partial charge in [0.15, 0.2) is 0 Å². The minimum Gasteiger partial charge on any atom is -0.314 e. The molecule has 0 aliphatic heterocycles. The zero-order chi connectivity index (χ0) is 20.2. The van der Waals surface area contributed by atoms with Crippen molar-refractivity contribution in [3.8, 4) is 0 Å². The van der Waals surface area contributed by atoms with Crippen LogP contribution in [0.5, 0.6) is 0 Å². The van der Waals surface area contributed by atoms with Crippen LogP contribution in [0.25, 0.3) is 0 Å². The number of benzene rings is 2. The molecule has 0 spiro atoms. The topological polar surface area (TPSA) is 17.1 Å². The predicted octanol–water partition coefficient (Wildman–Crippen LogP) is 6.97. The molecule has 2 unspecified atom stereocenters. The molecule has 2 heteroatoms. The highest BCUT2D eigenvalue weighted by molar-refractivity contribution is 7.78.